The lowest BCUT2D eigenvalue weighted by Crippen LogP contribution is -2.03. The maximum absolute atomic E-state index is 9.52. The van der Waals surface area contributed by atoms with Crippen molar-refractivity contribution in [3.63, 3.8) is 0 Å². The van der Waals surface area contributed by atoms with E-state index >= 15 is 0 Å². The molecule has 3 heteroatoms. The summed E-state index contributed by atoms with van der Waals surface area (Å²) in [5, 5.41) is 18.3. The van der Waals surface area contributed by atoms with E-state index in [9.17, 15) is 5.11 Å². The van der Waals surface area contributed by atoms with Gasteiger partial charge in [0.15, 0.2) is 0 Å². The van der Waals surface area contributed by atoms with Gasteiger partial charge in [-0.1, -0.05) is 18.2 Å². The quantitative estimate of drug-likeness (QED) is 0.741. The molecule has 0 fully saturated rings. The average Bonchev–Trinajstić information content (AvgIpc) is 2.74. The first-order valence-corrected chi connectivity index (χ1v) is 5.97. The number of aromatic hydroxyl groups is 1. The molecule has 0 bridgehead atoms. The third kappa shape index (κ3) is 1.73. The van der Waals surface area contributed by atoms with E-state index < -0.39 is 0 Å². The molecule has 2 aromatic carbocycles. The van der Waals surface area contributed by atoms with E-state index in [1.54, 1.807) is 12.1 Å². The van der Waals surface area contributed by atoms with Crippen molar-refractivity contribution in [2.24, 2.45) is 0 Å². The van der Waals surface area contributed by atoms with Crippen LogP contribution >= 0.6 is 0 Å². The molecule has 3 rings (SSSR count). The number of hydrogen-bond donors (Lipinski definition) is 2. The van der Waals surface area contributed by atoms with Gasteiger partial charge in [0.25, 0.3) is 0 Å². The number of ether oxygens (including phenoxy) is 1. The molecule has 0 spiro atoms. The predicted molar refractivity (Wildman–Crippen MR) is 68.9 cm³/mol. The van der Waals surface area contributed by atoms with E-state index in [0.29, 0.717) is 12.4 Å². The van der Waals surface area contributed by atoms with Crippen LogP contribution in [0.4, 0.5) is 0 Å². The summed E-state index contributed by atoms with van der Waals surface area (Å²) in [5.74, 6) is 1.11. The maximum atomic E-state index is 9.52. The zero-order valence-corrected chi connectivity index (χ0v) is 9.89. The molecule has 2 N–H and O–H groups in total. The third-order valence-corrected chi connectivity index (χ3v) is 3.23. The molecule has 0 atom stereocenters. The molecule has 0 aromatic heterocycles. The average molecular weight is 242 g/mol. The number of benzene rings is 2. The molecular formula is C15H14O3. The topological polar surface area (TPSA) is 49.7 Å². The fraction of sp³-hybridized carbons (Fsp3) is 0.200. The predicted octanol–water partition coefficient (Wildman–Crippen LogP) is 2.33. The molecule has 1 aliphatic rings. The van der Waals surface area contributed by atoms with Gasteiger partial charge in [-0.3, -0.25) is 0 Å². The molecule has 0 radical (unpaired) electrons. The van der Waals surface area contributed by atoms with Crippen LogP contribution in [0.5, 0.6) is 11.5 Å². The van der Waals surface area contributed by atoms with Crippen LogP contribution < -0.4 is 4.74 Å². The zero-order chi connectivity index (χ0) is 12.5. The Bertz CT molecular complexity index is 590. The fourth-order valence-electron chi connectivity index (χ4n) is 2.47. The second-order valence-electron chi connectivity index (χ2n) is 4.37. The number of hydrogen-bond acceptors (Lipinski definition) is 3. The lowest BCUT2D eigenvalue weighted by molar-refractivity contribution is 0.200. The Balaban J connectivity index is 2.05. The summed E-state index contributed by atoms with van der Waals surface area (Å²) in [7, 11) is 0. The van der Waals surface area contributed by atoms with E-state index in [1.807, 2.05) is 18.2 Å². The van der Waals surface area contributed by atoms with E-state index in [-0.39, 0.29) is 6.61 Å². The van der Waals surface area contributed by atoms with Crippen LogP contribution in [0.2, 0.25) is 0 Å². The van der Waals surface area contributed by atoms with E-state index in [0.717, 1.165) is 34.4 Å². The summed E-state index contributed by atoms with van der Waals surface area (Å²) in [5.41, 5.74) is 4.55. The Morgan fingerprint density at radius 1 is 1.11 bits per heavy atom. The molecule has 0 saturated heterocycles. The first kappa shape index (κ1) is 11.1. The number of phenols is 1. The molecule has 2 aromatic rings. The van der Waals surface area contributed by atoms with Gasteiger partial charge in [-0.05, 0) is 34.9 Å². The highest BCUT2D eigenvalue weighted by Crippen LogP contribution is 2.42. The van der Waals surface area contributed by atoms with E-state index in [1.165, 1.54) is 0 Å². The first-order chi connectivity index (χ1) is 8.79. The van der Waals surface area contributed by atoms with Crippen LogP contribution in [-0.2, 0) is 6.42 Å². The molecule has 0 saturated carbocycles. The third-order valence-electron chi connectivity index (χ3n) is 3.23. The summed E-state index contributed by atoms with van der Waals surface area (Å²) in [6.07, 6.45) is 0.765. The van der Waals surface area contributed by atoms with Crippen LogP contribution in [0.25, 0.3) is 11.1 Å². The minimum atomic E-state index is 0.0113. The second-order valence-corrected chi connectivity index (χ2v) is 4.37. The minimum absolute atomic E-state index is 0.0113. The Morgan fingerprint density at radius 3 is 2.83 bits per heavy atom. The second kappa shape index (κ2) is 4.35. The van der Waals surface area contributed by atoms with E-state index in [4.69, 9.17) is 9.84 Å². The number of phenolic OH excluding ortho intramolecular Hbond substituents is 1. The van der Waals surface area contributed by atoms with Crippen LogP contribution in [0.15, 0.2) is 36.4 Å². The van der Waals surface area contributed by atoms with Gasteiger partial charge in [0.2, 0.25) is 0 Å². The summed E-state index contributed by atoms with van der Waals surface area (Å²) in [6.45, 7) is 0.315. The summed E-state index contributed by atoms with van der Waals surface area (Å²) >= 11 is 0. The monoisotopic (exact) mass is 242 g/mol. The number of fused-ring (bicyclic) bond motifs is 3. The Hall–Kier alpha value is -2.00. The Morgan fingerprint density at radius 2 is 2.00 bits per heavy atom. The SMILES string of the molecule is OCCOc1cccc2c1Cc1cc(O)ccc1-2. The normalized spacial score (nSPS) is 12.1. The molecule has 0 amide bonds. The molecule has 92 valence electrons. The molecule has 3 nitrogen and oxygen atoms in total. The fourth-order valence-corrected chi connectivity index (χ4v) is 2.47. The zero-order valence-electron chi connectivity index (χ0n) is 9.89. The summed E-state index contributed by atoms with van der Waals surface area (Å²) in [4.78, 5) is 0. The highest BCUT2D eigenvalue weighted by atomic mass is 16.5. The first-order valence-electron chi connectivity index (χ1n) is 5.97. The van der Waals surface area contributed by atoms with Crippen LogP contribution in [0.3, 0.4) is 0 Å². The van der Waals surface area contributed by atoms with Gasteiger partial charge in [-0.25, -0.2) is 0 Å². The number of aliphatic hydroxyl groups excluding tert-OH is 1. The molecule has 0 aliphatic heterocycles. The lowest BCUT2D eigenvalue weighted by atomic mass is 10.1. The molecule has 0 unspecified atom stereocenters. The smallest absolute Gasteiger partial charge is 0.123 e. The summed E-state index contributed by atoms with van der Waals surface area (Å²) in [6, 6.07) is 11.4. The van der Waals surface area contributed by atoms with E-state index in [2.05, 4.69) is 6.07 Å². The van der Waals surface area contributed by atoms with Crippen molar-refractivity contribution in [2.75, 3.05) is 13.2 Å². The minimum Gasteiger partial charge on any atom is -0.508 e. The van der Waals surface area contributed by atoms with Gasteiger partial charge in [0.1, 0.15) is 18.1 Å². The van der Waals surface area contributed by atoms with Crippen molar-refractivity contribution < 1.29 is 14.9 Å². The number of aliphatic hydroxyl groups is 1. The van der Waals surface area contributed by atoms with Crippen LogP contribution in [-0.4, -0.2) is 23.4 Å². The van der Waals surface area contributed by atoms with Crippen molar-refractivity contribution >= 4 is 0 Å². The van der Waals surface area contributed by atoms with Crippen molar-refractivity contribution in [2.45, 2.75) is 6.42 Å². The van der Waals surface area contributed by atoms with Gasteiger partial charge < -0.3 is 14.9 Å². The Kier molecular flexibility index (Phi) is 2.68. The van der Waals surface area contributed by atoms with Crippen LogP contribution in [0, 0.1) is 0 Å². The molecular weight excluding hydrogens is 228 g/mol. The van der Waals surface area contributed by atoms with Gasteiger partial charge in [-0.15, -0.1) is 0 Å². The lowest BCUT2D eigenvalue weighted by Gasteiger charge is -2.09. The van der Waals surface area contributed by atoms with Crippen molar-refractivity contribution in [1.82, 2.24) is 0 Å². The van der Waals surface area contributed by atoms with Crippen molar-refractivity contribution in [3.8, 4) is 22.6 Å². The molecule has 1 aliphatic carbocycles. The summed E-state index contributed by atoms with van der Waals surface area (Å²) < 4.78 is 5.55. The molecule has 18 heavy (non-hydrogen) atoms. The largest absolute Gasteiger partial charge is 0.508 e. The highest BCUT2D eigenvalue weighted by Gasteiger charge is 2.21. The van der Waals surface area contributed by atoms with Crippen molar-refractivity contribution in [1.29, 1.82) is 0 Å². The van der Waals surface area contributed by atoms with Crippen molar-refractivity contribution in [3.05, 3.63) is 47.5 Å². The van der Waals surface area contributed by atoms with Gasteiger partial charge in [0.05, 0.1) is 6.61 Å². The van der Waals surface area contributed by atoms with Gasteiger partial charge in [-0.2, -0.15) is 0 Å². The maximum Gasteiger partial charge on any atom is 0.123 e. The number of rotatable bonds is 3. The van der Waals surface area contributed by atoms with Crippen LogP contribution in [0.1, 0.15) is 11.1 Å². The molecule has 0 heterocycles. The highest BCUT2D eigenvalue weighted by molar-refractivity contribution is 5.79. The van der Waals surface area contributed by atoms with Gasteiger partial charge in [0, 0.05) is 12.0 Å². The standard InChI is InChI=1S/C15H14O3/c16-6-7-18-15-3-1-2-13-12-5-4-11(17)8-10(12)9-14(13)15/h1-5,8,16-17H,6-7,9H2. The van der Waals surface area contributed by atoms with Gasteiger partial charge >= 0.3 is 0 Å². The Labute approximate surface area is 105 Å².